The Labute approximate surface area is 112 Å². The van der Waals surface area contributed by atoms with Crippen LogP contribution in [0.15, 0.2) is 24.3 Å². The van der Waals surface area contributed by atoms with Gasteiger partial charge >= 0.3 is 6.18 Å². The van der Waals surface area contributed by atoms with E-state index in [1.165, 1.54) is 12.1 Å². The molecule has 0 aliphatic carbocycles. The highest BCUT2D eigenvalue weighted by molar-refractivity contribution is 5.25. The fourth-order valence-electron chi connectivity index (χ4n) is 1.76. The maximum Gasteiger partial charge on any atom is 0.416 e. The van der Waals surface area contributed by atoms with Gasteiger partial charge in [0.15, 0.2) is 0 Å². The normalized spacial score (nSPS) is 13.5. The lowest BCUT2D eigenvalue weighted by Gasteiger charge is -2.13. The Morgan fingerprint density at radius 2 is 2.05 bits per heavy atom. The average Bonchev–Trinajstić information content (AvgIpc) is 2.36. The predicted molar refractivity (Wildman–Crippen MR) is 69.8 cm³/mol. The van der Waals surface area contributed by atoms with Gasteiger partial charge in [-0.05, 0) is 31.4 Å². The third-order valence-corrected chi connectivity index (χ3v) is 2.88. The van der Waals surface area contributed by atoms with E-state index < -0.39 is 11.7 Å². The lowest BCUT2D eigenvalue weighted by atomic mass is 10.1. The van der Waals surface area contributed by atoms with Crippen LogP contribution < -0.4 is 0 Å². The Hall–Kier alpha value is -1.03. The van der Waals surface area contributed by atoms with Crippen LogP contribution in [0.1, 0.15) is 37.3 Å². The number of halogens is 3. The summed E-state index contributed by atoms with van der Waals surface area (Å²) in [5.41, 5.74) is 0.0275. The van der Waals surface area contributed by atoms with Gasteiger partial charge in [0.1, 0.15) is 0 Å². The second-order valence-electron chi connectivity index (χ2n) is 4.58. The molecule has 0 amide bonds. The van der Waals surface area contributed by atoms with E-state index in [-0.39, 0.29) is 6.10 Å². The minimum absolute atomic E-state index is 0.0780. The van der Waals surface area contributed by atoms with E-state index in [0.717, 1.165) is 25.3 Å². The molecule has 0 aromatic heterocycles. The predicted octanol–water partition coefficient (Wildman–Crippen LogP) is 4.66. The zero-order valence-electron chi connectivity index (χ0n) is 11.2. The van der Waals surface area contributed by atoms with Crippen molar-refractivity contribution < 1.29 is 17.9 Å². The molecule has 107 valence electrons. The first-order chi connectivity index (χ1) is 8.93. The third-order valence-electron chi connectivity index (χ3n) is 2.88. The standard InChI is InChI=1S/C15H20F3O/c1-3-4-6-12(2)19-10-9-13-7-5-8-14(11-13)15(16,17)18/h5,7-8,11-12H,2-4,6,9-10H2,1H3. The van der Waals surface area contributed by atoms with E-state index in [2.05, 4.69) is 13.8 Å². The fourth-order valence-corrected chi connectivity index (χ4v) is 1.76. The fraction of sp³-hybridized carbons (Fsp3) is 0.533. The lowest BCUT2D eigenvalue weighted by Crippen LogP contribution is -2.11. The summed E-state index contributed by atoms with van der Waals surface area (Å²) in [6.45, 7) is 6.36. The Morgan fingerprint density at radius 3 is 2.68 bits per heavy atom. The highest BCUT2D eigenvalue weighted by Gasteiger charge is 2.30. The van der Waals surface area contributed by atoms with Crippen LogP contribution in [0, 0.1) is 6.92 Å². The first-order valence-electron chi connectivity index (χ1n) is 6.54. The highest BCUT2D eigenvalue weighted by atomic mass is 19.4. The molecule has 1 rings (SSSR count). The Bertz CT molecular complexity index is 374. The van der Waals surface area contributed by atoms with E-state index >= 15 is 0 Å². The molecule has 0 bridgehead atoms. The van der Waals surface area contributed by atoms with Gasteiger partial charge in [-0.2, -0.15) is 13.2 Å². The number of hydrogen-bond acceptors (Lipinski definition) is 1. The van der Waals surface area contributed by atoms with Gasteiger partial charge in [-0.1, -0.05) is 38.0 Å². The van der Waals surface area contributed by atoms with Crippen molar-refractivity contribution in [1.29, 1.82) is 0 Å². The quantitative estimate of drug-likeness (QED) is 0.702. The highest BCUT2D eigenvalue weighted by Crippen LogP contribution is 2.29. The zero-order valence-corrected chi connectivity index (χ0v) is 11.2. The number of ether oxygens (including phenoxy) is 1. The van der Waals surface area contributed by atoms with E-state index in [1.54, 1.807) is 6.07 Å². The molecular weight excluding hydrogens is 253 g/mol. The summed E-state index contributed by atoms with van der Waals surface area (Å²) in [7, 11) is 0. The van der Waals surface area contributed by atoms with Crippen molar-refractivity contribution in [2.24, 2.45) is 0 Å². The molecule has 0 N–H and O–H groups in total. The topological polar surface area (TPSA) is 9.23 Å². The first-order valence-corrected chi connectivity index (χ1v) is 6.54. The smallest absolute Gasteiger partial charge is 0.378 e. The summed E-state index contributed by atoms with van der Waals surface area (Å²) in [4.78, 5) is 0. The molecule has 1 unspecified atom stereocenters. The number of unbranched alkanes of at least 4 members (excludes halogenated alkanes) is 1. The van der Waals surface area contributed by atoms with Crippen molar-refractivity contribution in [2.45, 2.75) is 44.9 Å². The van der Waals surface area contributed by atoms with Crippen molar-refractivity contribution in [3.63, 3.8) is 0 Å². The van der Waals surface area contributed by atoms with Crippen molar-refractivity contribution in [2.75, 3.05) is 6.61 Å². The number of hydrogen-bond donors (Lipinski definition) is 0. The first kappa shape index (κ1) is 16.0. The maximum absolute atomic E-state index is 12.5. The summed E-state index contributed by atoms with van der Waals surface area (Å²) in [5, 5.41) is 0. The molecule has 4 heteroatoms. The molecule has 0 saturated heterocycles. The van der Waals surface area contributed by atoms with Gasteiger partial charge < -0.3 is 4.74 Å². The van der Waals surface area contributed by atoms with Crippen LogP contribution in [0.4, 0.5) is 13.2 Å². The summed E-state index contributed by atoms with van der Waals surface area (Å²) in [6, 6.07) is 5.36. The monoisotopic (exact) mass is 273 g/mol. The molecule has 19 heavy (non-hydrogen) atoms. The Balaban J connectivity index is 2.41. The maximum atomic E-state index is 12.5. The van der Waals surface area contributed by atoms with Crippen molar-refractivity contribution in [3.8, 4) is 0 Å². The van der Waals surface area contributed by atoms with Crippen molar-refractivity contribution >= 4 is 0 Å². The molecule has 1 aromatic rings. The van der Waals surface area contributed by atoms with Gasteiger partial charge in [-0.3, -0.25) is 0 Å². The van der Waals surface area contributed by atoms with Crippen molar-refractivity contribution in [3.05, 3.63) is 42.3 Å². The van der Waals surface area contributed by atoms with Gasteiger partial charge in [0.25, 0.3) is 0 Å². The van der Waals surface area contributed by atoms with Crippen LogP contribution in [-0.4, -0.2) is 12.7 Å². The van der Waals surface area contributed by atoms with E-state index in [4.69, 9.17) is 4.74 Å². The molecule has 0 heterocycles. The minimum atomic E-state index is -4.28. The van der Waals surface area contributed by atoms with E-state index in [1.807, 2.05) is 0 Å². The summed E-state index contributed by atoms with van der Waals surface area (Å²) >= 11 is 0. The summed E-state index contributed by atoms with van der Waals surface area (Å²) in [5.74, 6) is 0. The lowest BCUT2D eigenvalue weighted by molar-refractivity contribution is -0.137. The number of benzene rings is 1. The Kier molecular flexibility index (Phi) is 6.35. The minimum Gasteiger partial charge on any atom is -0.378 e. The van der Waals surface area contributed by atoms with Crippen LogP contribution in [0.3, 0.4) is 0 Å². The van der Waals surface area contributed by atoms with Crippen LogP contribution in [-0.2, 0) is 17.3 Å². The molecular formula is C15H20F3O. The van der Waals surface area contributed by atoms with Gasteiger partial charge in [-0.25, -0.2) is 0 Å². The van der Waals surface area contributed by atoms with Gasteiger partial charge in [0, 0.05) is 0 Å². The molecule has 1 atom stereocenters. The molecule has 1 radical (unpaired) electrons. The van der Waals surface area contributed by atoms with Gasteiger partial charge in [0.05, 0.1) is 18.3 Å². The second-order valence-corrected chi connectivity index (χ2v) is 4.58. The number of alkyl halides is 3. The average molecular weight is 273 g/mol. The zero-order chi connectivity index (χ0) is 14.3. The molecule has 0 fully saturated rings. The number of rotatable bonds is 7. The molecule has 0 spiro atoms. The molecule has 1 nitrogen and oxygen atoms in total. The summed E-state index contributed by atoms with van der Waals surface area (Å²) < 4.78 is 43.0. The second kappa shape index (κ2) is 7.53. The SMILES string of the molecule is [CH2]C(CCCC)OCCc1cccc(C(F)(F)F)c1. The van der Waals surface area contributed by atoms with Gasteiger partial charge in [0.2, 0.25) is 0 Å². The molecule has 1 aromatic carbocycles. The summed E-state index contributed by atoms with van der Waals surface area (Å²) in [6.07, 6.45) is -0.861. The van der Waals surface area contributed by atoms with Crippen LogP contribution >= 0.6 is 0 Å². The van der Waals surface area contributed by atoms with Crippen LogP contribution in [0.2, 0.25) is 0 Å². The Morgan fingerprint density at radius 1 is 1.32 bits per heavy atom. The van der Waals surface area contributed by atoms with Gasteiger partial charge in [-0.15, -0.1) is 0 Å². The third kappa shape index (κ3) is 6.10. The van der Waals surface area contributed by atoms with E-state index in [0.29, 0.717) is 18.6 Å². The van der Waals surface area contributed by atoms with Crippen LogP contribution in [0.25, 0.3) is 0 Å². The molecule has 0 aliphatic rings. The van der Waals surface area contributed by atoms with Crippen molar-refractivity contribution in [1.82, 2.24) is 0 Å². The molecule has 0 aliphatic heterocycles. The molecule has 0 saturated carbocycles. The van der Waals surface area contributed by atoms with Crippen LogP contribution in [0.5, 0.6) is 0 Å². The largest absolute Gasteiger partial charge is 0.416 e. The van der Waals surface area contributed by atoms with E-state index in [9.17, 15) is 13.2 Å².